The van der Waals surface area contributed by atoms with Gasteiger partial charge in [-0.25, -0.2) is 11.3 Å². The van der Waals surface area contributed by atoms with Crippen LogP contribution in [0.25, 0.3) is 10.7 Å². The van der Waals surface area contributed by atoms with Crippen LogP contribution in [0.15, 0.2) is 29.9 Å². The van der Waals surface area contributed by atoms with Gasteiger partial charge in [-0.05, 0) is 6.07 Å². The first-order valence-corrected chi connectivity index (χ1v) is 4.07. The molecule has 0 aliphatic carbocycles. The van der Waals surface area contributed by atoms with Crippen molar-refractivity contribution in [3.8, 4) is 10.7 Å². The Kier molecular flexibility index (Phi) is 1.65. The lowest BCUT2D eigenvalue weighted by Crippen LogP contribution is -1.81. The monoisotopic (exact) mass is 161 g/mol. The van der Waals surface area contributed by atoms with Crippen molar-refractivity contribution in [2.24, 2.45) is 0 Å². The minimum absolute atomic E-state index is 0.752. The van der Waals surface area contributed by atoms with E-state index in [0.717, 1.165) is 10.7 Å². The van der Waals surface area contributed by atoms with Gasteiger partial charge in [-0.2, -0.15) is 12.1 Å². The van der Waals surface area contributed by atoms with Gasteiger partial charge in [0.05, 0.1) is 5.82 Å². The predicted octanol–water partition coefficient (Wildman–Crippen LogP) is 2.01. The Morgan fingerprint density at radius 3 is 2.73 bits per heavy atom. The maximum Gasteiger partial charge on any atom is 0.0664 e. The highest BCUT2D eigenvalue weighted by atomic mass is 32.1. The van der Waals surface area contributed by atoms with Crippen molar-refractivity contribution in [2.75, 3.05) is 0 Å². The van der Waals surface area contributed by atoms with Crippen molar-refractivity contribution in [2.45, 2.75) is 0 Å². The molecular weight excluding hydrogens is 156 g/mol. The van der Waals surface area contributed by atoms with Crippen LogP contribution in [0, 0.1) is 6.07 Å². The van der Waals surface area contributed by atoms with Crippen LogP contribution >= 0.6 is 11.3 Å². The lowest BCUT2D eigenvalue weighted by molar-refractivity contribution is 1.19. The summed E-state index contributed by atoms with van der Waals surface area (Å²) in [6.07, 6.45) is 3.46. The first kappa shape index (κ1) is 6.49. The Morgan fingerprint density at radius 2 is 2.09 bits per heavy atom. The third kappa shape index (κ3) is 1.28. The van der Waals surface area contributed by atoms with Crippen LogP contribution in [0.4, 0.5) is 0 Å². The highest BCUT2D eigenvalue weighted by molar-refractivity contribution is 7.13. The van der Waals surface area contributed by atoms with Crippen molar-refractivity contribution in [3.05, 3.63) is 36.0 Å². The Bertz CT molecular complexity index is 315. The highest BCUT2D eigenvalue weighted by Crippen LogP contribution is 2.18. The molecule has 0 N–H and O–H groups in total. The van der Waals surface area contributed by atoms with E-state index in [-0.39, 0.29) is 0 Å². The van der Waals surface area contributed by atoms with Gasteiger partial charge >= 0.3 is 0 Å². The summed E-state index contributed by atoms with van der Waals surface area (Å²) in [6.45, 7) is 0. The summed E-state index contributed by atoms with van der Waals surface area (Å²) in [4.78, 5) is 9.17. The second-order valence-electron chi connectivity index (χ2n) is 1.97. The fraction of sp³-hybridized carbons (Fsp3) is 0. The third-order valence-electron chi connectivity index (χ3n) is 1.24. The van der Waals surface area contributed by atoms with E-state index in [1.165, 1.54) is 0 Å². The number of nitrogens with zero attached hydrogens (tertiary/aromatic N) is 2. The molecule has 0 bridgehead atoms. The van der Waals surface area contributed by atoms with Gasteiger partial charge < -0.3 is 0 Å². The molecule has 0 fully saturated rings. The normalized spacial score (nSPS) is 9.82. The van der Waals surface area contributed by atoms with E-state index in [0.29, 0.717) is 0 Å². The molecule has 0 aliphatic heterocycles. The highest BCUT2D eigenvalue weighted by Gasteiger charge is 1.87. The minimum atomic E-state index is 0.752. The molecule has 2 aromatic heterocycles. The van der Waals surface area contributed by atoms with Gasteiger partial charge in [0.1, 0.15) is 0 Å². The van der Waals surface area contributed by atoms with Crippen LogP contribution in [0.5, 0.6) is 0 Å². The van der Waals surface area contributed by atoms with Gasteiger partial charge in [0.25, 0.3) is 0 Å². The summed E-state index contributed by atoms with van der Waals surface area (Å²) < 4.78 is 0. The van der Waals surface area contributed by atoms with Crippen LogP contribution in [-0.2, 0) is 0 Å². The number of hydrogen-bond acceptors (Lipinski definition) is 3. The third-order valence-corrected chi connectivity index (χ3v) is 2.05. The van der Waals surface area contributed by atoms with Crippen molar-refractivity contribution >= 4 is 11.3 Å². The molecule has 2 heterocycles. The summed E-state index contributed by atoms with van der Waals surface area (Å²) >= 11 is 1.60. The first-order valence-electron chi connectivity index (χ1n) is 3.19. The number of hydrogen-bond donors (Lipinski definition) is 0. The molecular formula is C8H5N2S-. The quantitative estimate of drug-likeness (QED) is 0.598. The largest absolute Gasteiger partial charge is 0.299 e. The van der Waals surface area contributed by atoms with E-state index in [9.17, 15) is 0 Å². The van der Waals surface area contributed by atoms with E-state index in [1.807, 2.05) is 11.4 Å². The van der Waals surface area contributed by atoms with Gasteiger partial charge in [-0.1, -0.05) is 4.88 Å². The molecule has 11 heavy (non-hydrogen) atoms. The molecule has 0 saturated carbocycles. The zero-order valence-electron chi connectivity index (χ0n) is 5.69. The van der Waals surface area contributed by atoms with Crippen LogP contribution in [0.3, 0.4) is 0 Å². The van der Waals surface area contributed by atoms with Gasteiger partial charge in [0.2, 0.25) is 0 Å². The van der Waals surface area contributed by atoms with Gasteiger partial charge in [-0.3, -0.25) is 9.97 Å². The van der Waals surface area contributed by atoms with Crippen molar-refractivity contribution in [3.63, 3.8) is 0 Å². The molecule has 0 amide bonds. The first-order chi connectivity index (χ1) is 5.47. The second kappa shape index (κ2) is 2.80. The van der Waals surface area contributed by atoms with Gasteiger partial charge in [0.15, 0.2) is 0 Å². The fourth-order valence-electron chi connectivity index (χ4n) is 0.779. The molecule has 2 aromatic rings. The van der Waals surface area contributed by atoms with Gasteiger partial charge in [0, 0.05) is 12.4 Å². The zero-order valence-corrected chi connectivity index (χ0v) is 6.51. The molecule has 0 aliphatic rings. The SMILES string of the molecule is [c-]1ccsc1-c1ncccn1. The predicted molar refractivity (Wildman–Crippen MR) is 44.2 cm³/mol. The lowest BCUT2D eigenvalue weighted by Gasteiger charge is -1.99. The summed E-state index contributed by atoms with van der Waals surface area (Å²) in [5.41, 5.74) is 0. The number of aromatic nitrogens is 2. The topological polar surface area (TPSA) is 25.8 Å². The summed E-state index contributed by atoms with van der Waals surface area (Å²) in [6, 6.07) is 6.72. The second-order valence-corrected chi connectivity index (χ2v) is 2.88. The van der Waals surface area contributed by atoms with Crippen molar-refractivity contribution in [1.29, 1.82) is 0 Å². The van der Waals surface area contributed by atoms with E-state index < -0.39 is 0 Å². The lowest BCUT2D eigenvalue weighted by atomic mass is 10.4. The molecule has 0 saturated heterocycles. The summed E-state index contributed by atoms with van der Waals surface area (Å²) in [7, 11) is 0. The molecule has 0 radical (unpaired) electrons. The zero-order chi connectivity index (χ0) is 7.52. The molecule has 0 aromatic carbocycles. The average molecular weight is 161 g/mol. The Hall–Kier alpha value is -1.22. The van der Waals surface area contributed by atoms with Crippen LogP contribution in [0.1, 0.15) is 0 Å². The Morgan fingerprint density at radius 1 is 1.27 bits per heavy atom. The smallest absolute Gasteiger partial charge is 0.0664 e. The van der Waals surface area contributed by atoms with E-state index in [2.05, 4.69) is 16.0 Å². The molecule has 54 valence electrons. The van der Waals surface area contributed by atoms with Gasteiger partial charge in [-0.15, -0.1) is 5.38 Å². The minimum Gasteiger partial charge on any atom is -0.299 e. The molecule has 0 spiro atoms. The van der Waals surface area contributed by atoms with E-state index >= 15 is 0 Å². The number of thiophene rings is 1. The van der Waals surface area contributed by atoms with Crippen LogP contribution < -0.4 is 0 Å². The van der Waals surface area contributed by atoms with E-state index in [1.54, 1.807) is 29.8 Å². The maximum atomic E-state index is 4.09. The molecule has 2 rings (SSSR count). The van der Waals surface area contributed by atoms with Crippen LogP contribution in [0.2, 0.25) is 0 Å². The Labute approximate surface area is 68.6 Å². The summed E-state index contributed by atoms with van der Waals surface area (Å²) in [5.74, 6) is 0.752. The average Bonchev–Trinajstić information content (AvgIpc) is 2.58. The standard InChI is InChI=1S/C8H5N2S/c1-3-7(11-6-1)8-9-4-2-5-10-8/h1-2,4-6H/q-1. The molecule has 0 atom stereocenters. The molecule has 0 unspecified atom stereocenters. The van der Waals surface area contributed by atoms with Crippen molar-refractivity contribution < 1.29 is 0 Å². The van der Waals surface area contributed by atoms with Crippen LogP contribution in [-0.4, -0.2) is 9.97 Å². The van der Waals surface area contributed by atoms with E-state index in [4.69, 9.17) is 0 Å². The van der Waals surface area contributed by atoms with Crippen molar-refractivity contribution in [1.82, 2.24) is 9.97 Å². The molecule has 2 nitrogen and oxygen atoms in total. The molecule has 3 heteroatoms. The fourth-order valence-corrected chi connectivity index (χ4v) is 1.40. The number of rotatable bonds is 1. The maximum absolute atomic E-state index is 4.09. The Balaban J connectivity index is 2.46. The summed E-state index contributed by atoms with van der Waals surface area (Å²) in [5, 5.41) is 1.96.